The molecule has 0 saturated heterocycles. The highest BCUT2D eigenvalue weighted by molar-refractivity contribution is 7.99. The van der Waals surface area contributed by atoms with E-state index in [0.29, 0.717) is 0 Å². The molecule has 0 radical (unpaired) electrons. The number of thioether (sulfide) groups is 1. The molecule has 0 aliphatic heterocycles. The van der Waals surface area contributed by atoms with Crippen LogP contribution in [-0.4, -0.2) is 34.6 Å². The summed E-state index contributed by atoms with van der Waals surface area (Å²) in [7, 11) is 0. The van der Waals surface area contributed by atoms with E-state index in [-0.39, 0.29) is 36.0 Å². The maximum absolute atomic E-state index is 13.2. The Morgan fingerprint density at radius 2 is 1.72 bits per heavy atom. The predicted octanol–water partition coefficient (Wildman–Crippen LogP) is 4.31. The van der Waals surface area contributed by atoms with Crippen molar-refractivity contribution in [1.29, 1.82) is 0 Å². The van der Waals surface area contributed by atoms with Crippen LogP contribution in [0, 0.1) is 12.7 Å². The molecule has 0 aliphatic rings. The summed E-state index contributed by atoms with van der Waals surface area (Å²) in [6, 6.07) is 13.5. The smallest absolute Gasteiger partial charge is 0.242 e. The largest absolute Gasteiger partial charge is 0.352 e. The number of aryl methyl sites for hydroxylation is 1. The standard InChI is InChI=1S/C23H29FN2O2S/c1-16(2)25-23(28)18(4)26(13-19-9-11-21(24)12-10-19)22(27)15-29-14-20-8-6-5-7-17(20)3/h5-12,16,18H,13-15H2,1-4H3,(H,25,28). The molecule has 0 spiro atoms. The SMILES string of the molecule is Cc1ccccc1CSCC(=O)N(Cc1ccc(F)cc1)C(C)C(=O)NC(C)C. The van der Waals surface area contributed by atoms with E-state index in [1.54, 1.807) is 24.0 Å². The zero-order valence-electron chi connectivity index (χ0n) is 17.4. The van der Waals surface area contributed by atoms with Gasteiger partial charge in [0.15, 0.2) is 0 Å². The van der Waals surface area contributed by atoms with Crippen LogP contribution in [-0.2, 0) is 21.9 Å². The number of nitrogens with one attached hydrogen (secondary N) is 1. The Hall–Kier alpha value is -2.34. The second-order valence-electron chi connectivity index (χ2n) is 7.41. The van der Waals surface area contributed by atoms with Gasteiger partial charge in [0.25, 0.3) is 0 Å². The number of nitrogens with zero attached hydrogens (tertiary/aromatic N) is 1. The molecule has 4 nitrogen and oxygen atoms in total. The Balaban J connectivity index is 2.07. The Labute approximate surface area is 176 Å². The minimum absolute atomic E-state index is 0.0110. The molecule has 0 saturated carbocycles. The van der Waals surface area contributed by atoms with Gasteiger partial charge in [-0.1, -0.05) is 36.4 Å². The number of halogens is 1. The Morgan fingerprint density at radius 3 is 2.34 bits per heavy atom. The lowest BCUT2D eigenvalue weighted by molar-refractivity contribution is -0.138. The number of rotatable bonds is 9. The molecule has 0 heterocycles. The van der Waals surface area contributed by atoms with Crippen molar-refractivity contribution in [2.75, 3.05) is 5.75 Å². The molecule has 0 aromatic heterocycles. The summed E-state index contributed by atoms with van der Waals surface area (Å²) in [5.74, 6) is 0.370. The quantitative estimate of drug-likeness (QED) is 0.663. The van der Waals surface area contributed by atoms with E-state index in [4.69, 9.17) is 0 Å². The highest BCUT2D eigenvalue weighted by Gasteiger charge is 2.26. The molecule has 0 fully saturated rings. The van der Waals surface area contributed by atoms with Gasteiger partial charge in [0.05, 0.1) is 5.75 Å². The highest BCUT2D eigenvalue weighted by Crippen LogP contribution is 2.18. The number of amides is 2. The summed E-state index contributed by atoms with van der Waals surface area (Å²) >= 11 is 1.53. The van der Waals surface area contributed by atoms with Gasteiger partial charge in [0, 0.05) is 18.3 Å². The van der Waals surface area contributed by atoms with Crippen molar-refractivity contribution in [1.82, 2.24) is 10.2 Å². The zero-order chi connectivity index (χ0) is 21.4. The maximum atomic E-state index is 13.2. The first-order chi connectivity index (χ1) is 13.8. The topological polar surface area (TPSA) is 49.4 Å². The van der Waals surface area contributed by atoms with Crippen molar-refractivity contribution < 1.29 is 14.0 Å². The number of carbonyl (C=O) groups excluding carboxylic acids is 2. The van der Waals surface area contributed by atoms with Gasteiger partial charge in [-0.15, -0.1) is 11.8 Å². The normalized spacial score (nSPS) is 11.9. The molecule has 2 aromatic carbocycles. The third kappa shape index (κ3) is 7.20. The molecule has 2 rings (SSSR count). The van der Waals surface area contributed by atoms with E-state index in [9.17, 15) is 14.0 Å². The van der Waals surface area contributed by atoms with E-state index >= 15 is 0 Å². The van der Waals surface area contributed by atoms with Crippen molar-refractivity contribution >= 4 is 23.6 Å². The lowest BCUT2D eigenvalue weighted by atomic mass is 10.1. The van der Waals surface area contributed by atoms with Gasteiger partial charge >= 0.3 is 0 Å². The molecular formula is C23H29FN2O2S. The molecule has 2 amide bonds. The molecule has 29 heavy (non-hydrogen) atoms. The van der Waals surface area contributed by atoms with Gasteiger partial charge in [-0.05, 0) is 56.5 Å². The summed E-state index contributed by atoms with van der Waals surface area (Å²) in [5.41, 5.74) is 3.18. The number of hydrogen-bond acceptors (Lipinski definition) is 3. The fraction of sp³-hybridized carbons (Fsp3) is 0.391. The van der Waals surface area contributed by atoms with Crippen molar-refractivity contribution in [3.63, 3.8) is 0 Å². The number of benzene rings is 2. The van der Waals surface area contributed by atoms with Crippen molar-refractivity contribution in [2.24, 2.45) is 0 Å². The molecule has 1 unspecified atom stereocenters. The highest BCUT2D eigenvalue weighted by atomic mass is 32.2. The molecule has 6 heteroatoms. The second kappa shape index (κ2) is 11.0. The molecular weight excluding hydrogens is 387 g/mol. The van der Waals surface area contributed by atoms with E-state index in [2.05, 4.69) is 24.4 Å². The lowest BCUT2D eigenvalue weighted by Crippen LogP contribution is -2.49. The Morgan fingerprint density at radius 1 is 1.07 bits per heavy atom. The molecule has 1 atom stereocenters. The minimum atomic E-state index is -0.617. The molecule has 156 valence electrons. The number of carbonyl (C=O) groups is 2. The maximum Gasteiger partial charge on any atom is 0.242 e. The fourth-order valence-electron chi connectivity index (χ4n) is 2.88. The summed E-state index contributed by atoms with van der Waals surface area (Å²) < 4.78 is 13.2. The average Bonchev–Trinajstić information content (AvgIpc) is 2.68. The van der Waals surface area contributed by atoms with Crippen molar-refractivity contribution in [2.45, 2.75) is 52.1 Å². The number of hydrogen-bond donors (Lipinski definition) is 1. The first-order valence-corrected chi connectivity index (χ1v) is 10.9. The lowest BCUT2D eigenvalue weighted by Gasteiger charge is -2.29. The molecule has 1 N–H and O–H groups in total. The first-order valence-electron chi connectivity index (χ1n) is 9.74. The summed E-state index contributed by atoms with van der Waals surface area (Å²) in [6.45, 7) is 7.81. The average molecular weight is 417 g/mol. The van der Waals surface area contributed by atoms with E-state index in [1.165, 1.54) is 35.0 Å². The third-order valence-electron chi connectivity index (χ3n) is 4.61. The summed E-state index contributed by atoms with van der Waals surface area (Å²) in [5, 5.41) is 2.86. The monoisotopic (exact) mass is 416 g/mol. The van der Waals surface area contributed by atoms with Crippen LogP contribution in [0.15, 0.2) is 48.5 Å². The molecule has 2 aromatic rings. The van der Waals surface area contributed by atoms with Crippen LogP contribution < -0.4 is 5.32 Å². The van der Waals surface area contributed by atoms with Gasteiger partial charge < -0.3 is 10.2 Å². The van der Waals surface area contributed by atoms with Crippen LogP contribution in [0.5, 0.6) is 0 Å². The van der Waals surface area contributed by atoms with Gasteiger partial charge in [-0.2, -0.15) is 0 Å². The van der Waals surface area contributed by atoms with Crippen LogP contribution in [0.4, 0.5) is 4.39 Å². The van der Waals surface area contributed by atoms with Gasteiger partial charge in [0.1, 0.15) is 11.9 Å². The van der Waals surface area contributed by atoms with Crippen molar-refractivity contribution in [3.8, 4) is 0 Å². The fourth-order valence-corrected chi connectivity index (χ4v) is 3.86. The Kier molecular flexibility index (Phi) is 8.70. The van der Waals surface area contributed by atoms with Gasteiger partial charge in [-0.3, -0.25) is 9.59 Å². The van der Waals surface area contributed by atoms with E-state index in [0.717, 1.165) is 11.3 Å². The van der Waals surface area contributed by atoms with Gasteiger partial charge in [-0.25, -0.2) is 4.39 Å². The molecule has 0 bridgehead atoms. The zero-order valence-corrected chi connectivity index (χ0v) is 18.3. The van der Waals surface area contributed by atoms with Crippen LogP contribution in [0.25, 0.3) is 0 Å². The summed E-state index contributed by atoms with van der Waals surface area (Å²) in [4.78, 5) is 27.0. The van der Waals surface area contributed by atoms with E-state index < -0.39 is 6.04 Å². The summed E-state index contributed by atoms with van der Waals surface area (Å²) in [6.07, 6.45) is 0. The van der Waals surface area contributed by atoms with Crippen LogP contribution in [0.3, 0.4) is 0 Å². The van der Waals surface area contributed by atoms with E-state index in [1.807, 2.05) is 26.0 Å². The second-order valence-corrected chi connectivity index (χ2v) is 8.39. The van der Waals surface area contributed by atoms with Crippen molar-refractivity contribution in [3.05, 3.63) is 71.0 Å². The first kappa shape index (κ1) is 22.9. The molecule has 0 aliphatic carbocycles. The Bertz CT molecular complexity index is 824. The van der Waals surface area contributed by atoms with Crippen LogP contribution >= 0.6 is 11.8 Å². The van der Waals surface area contributed by atoms with Gasteiger partial charge in [0.2, 0.25) is 11.8 Å². The van der Waals surface area contributed by atoms with Crippen LogP contribution in [0.2, 0.25) is 0 Å². The third-order valence-corrected chi connectivity index (χ3v) is 5.57. The predicted molar refractivity (Wildman–Crippen MR) is 117 cm³/mol. The van der Waals surface area contributed by atoms with Crippen LogP contribution in [0.1, 0.15) is 37.5 Å². The minimum Gasteiger partial charge on any atom is -0.352 e.